The van der Waals surface area contributed by atoms with E-state index in [9.17, 15) is 18.1 Å². The molecule has 1 fully saturated rings. The third-order valence-corrected chi connectivity index (χ3v) is 10.2. The molecule has 2 N–H and O–H groups in total. The van der Waals surface area contributed by atoms with E-state index < -0.39 is 23.4 Å². The number of nitrogens with one attached hydrogen (secondary N) is 1. The van der Waals surface area contributed by atoms with Gasteiger partial charge in [-0.05, 0) is 62.6 Å². The first-order valence-electron chi connectivity index (χ1n) is 11.7. The molecule has 1 aliphatic carbocycles. The molecule has 0 radical (unpaired) electrons. The zero-order valence-corrected chi connectivity index (χ0v) is 21.7. The Morgan fingerprint density at radius 3 is 2.26 bits per heavy atom. The highest BCUT2D eigenvalue weighted by Crippen LogP contribution is 2.60. The van der Waals surface area contributed by atoms with E-state index in [4.69, 9.17) is 9.05 Å². The number of anilines is 1. The van der Waals surface area contributed by atoms with Crippen molar-refractivity contribution < 1.29 is 27.1 Å². The second-order valence-electron chi connectivity index (χ2n) is 8.35. The number of sulfonamides is 1. The molecule has 0 aliphatic heterocycles. The Morgan fingerprint density at radius 2 is 1.68 bits per heavy atom. The van der Waals surface area contributed by atoms with E-state index in [1.54, 1.807) is 57.3 Å². The third kappa shape index (κ3) is 6.20. The highest BCUT2D eigenvalue weighted by atomic mass is 32.2. The maximum atomic E-state index is 13.7. The van der Waals surface area contributed by atoms with Crippen molar-refractivity contribution >= 4 is 23.3 Å². The number of rotatable bonds is 11. The summed E-state index contributed by atoms with van der Waals surface area (Å²) in [6.07, 6.45) is 4.93. The van der Waals surface area contributed by atoms with Gasteiger partial charge in [0.1, 0.15) is 5.75 Å². The molecule has 0 heterocycles. The van der Waals surface area contributed by atoms with Crippen LogP contribution in [0, 0.1) is 0 Å². The number of hydrogen-bond donors (Lipinski definition) is 2. The molecule has 1 atom stereocenters. The fraction of sp³-hybridized carbons (Fsp3) is 0.500. The molecule has 0 spiro atoms. The number of phenolic OH excluding ortho intramolecular Hbond substituents is 1. The maximum Gasteiger partial charge on any atom is 0.357 e. The smallest absolute Gasteiger partial charge is 0.357 e. The van der Waals surface area contributed by atoms with Crippen molar-refractivity contribution in [3.05, 3.63) is 54.1 Å². The minimum atomic E-state index is -3.69. The van der Waals surface area contributed by atoms with E-state index in [-0.39, 0.29) is 29.9 Å². The predicted molar refractivity (Wildman–Crippen MR) is 134 cm³/mol. The van der Waals surface area contributed by atoms with Crippen LogP contribution in [0.3, 0.4) is 0 Å². The van der Waals surface area contributed by atoms with Crippen LogP contribution in [0.1, 0.15) is 57.3 Å². The third-order valence-electron chi connectivity index (χ3n) is 6.05. The van der Waals surface area contributed by atoms with Gasteiger partial charge in [0.2, 0.25) is 10.0 Å². The largest absolute Gasteiger partial charge is 0.508 e. The van der Waals surface area contributed by atoms with Crippen LogP contribution >= 0.6 is 7.60 Å². The number of aromatic hydroxyl groups is 1. The van der Waals surface area contributed by atoms with E-state index in [0.717, 1.165) is 32.1 Å². The molecule has 0 amide bonds. The molecule has 0 saturated heterocycles. The van der Waals surface area contributed by atoms with Gasteiger partial charge >= 0.3 is 7.60 Å². The molecule has 1 unspecified atom stereocenters. The number of phenols is 1. The lowest BCUT2D eigenvalue weighted by atomic mass is 9.96. The van der Waals surface area contributed by atoms with Crippen LogP contribution in [0.15, 0.2) is 53.4 Å². The van der Waals surface area contributed by atoms with Gasteiger partial charge in [-0.15, -0.1) is 0 Å². The average Bonchev–Trinajstić information content (AvgIpc) is 2.84. The van der Waals surface area contributed by atoms with Crippen molar-refractivity contribution in [2.45, 2.75) is 62.7 Å². The van der Waals surface area contributed by atoms with Gasteiger partial charge in [-0.2, -0.15) is 4.31 Å². The van der Waals surface area contributed by atoms with Gasteiger partial charge in [-0.3, -0.25) is 4.57 Å². The Balaban J connectivity index is 1.95. The monoisotopic (exact) mass is 510 g/mol. The Bertz CT molecular complexity index is 1080. The summed E-state index contributed by atoms with van der Waals surface area (Å²) in [5.41, 5.74) is 1.05. The minimum Gasteiger partial charge on any atom is -0.508 e. The zero-order chi connectivity index (χ0) is 24.8. The number of nitrogens with zero attached hydrogens (tertiary/aromatic N) is 1. The minimum absolute atomic E-state index is 0.00349. The second-order valence-corrected chi connectivity index (χ2v) is 12.5. The van der Waals surface area contributed by atoms with Crippen molar-refractivity contribution in [3.8, 4) is 5.75 Å². The molecular formula is C24H35N2O6PS. The van der Waals surface area contributed by atoms with Crippen LogP contribution in [0.2, 0.25) is 0 Å². The van der Waals surface area contributed by atoms with E-state index in [2.05, 4.69) is 5.32 Å². The van der Waals surface area contributed by atoms with Crippen molar-refractivity contribution in [2.75, 3.05) is 25.6 Å². The topological polar surface area (TPSA) is 105 Å². The van der Waals surface area contributed by atoms with Gasteiger partial charge in [0.05, 0.1) is 18.1 Å². The van der Waals surface area contributed by atoms with Crippen LogP contribution in [0.25, 0.3) is 0 Å². The lowest BCUT2D eigenvalue weighted by Gasteiger charge is -2.31. The van der Waals surface area contributed by atoms with Crippen LogP contribution in [0.5, 0.6) is 5.75 Å². The van der Waals surface area contributed by atoms with Crippen molar-refractivity contribution in [1.82, 2.24) is 4.31 Å². The molecule has 10 heteroatoms. The van der Waals surface area contributed by atoms with Gasteiger partial charge < -0.3 is 19.5 Å². The molecule has 1 aliphatic rings. The summed E-state index contributed by atoms with van der Waals surface area (Å²) in [6, 6.07) is 12.7. The normalized spacial score (nSPS) is 16.5. The van der Waals surface area contributed by atoms with Crippen LogP contribution < -0.4 is 5.32 Å². The summed E-state index contributed by atoms with van der Waals surface area (Å²) in [6.45, 7) is 3.81. The summed E-state index contributed by atoms with van der Waals surface area (Å²) in [5, 5.41) is 12.9. The molecule has 34 heavy (non-hydrogen) atoms. The lowest BCUT2D eigenvalue weighted by Crippen LogP contribution is -2.38. The number of hydrogen-bond acceptors (Lipinski definition) is 7. The lowest BCUT2D eigenvalue weighted by molar-refractivity contribution is 0.214. The van der Waals surface area contributed by atoms with Gasteiger partial charge in [0.25, 0.3) is 0 Å². The first-order valence-corrected chi connectivity index (χ1v) is 14.8. The summed E-state index contributed by atoms with van der Waals surface area (Å²) < 4.78 is 53.0. The molecular weight excluding hydrogens is 475 g/mol. The van der Waals surface area contributed by atoms with E-state index in [0.29, 0.717) is 11.3 Å². The zero-order valence-electron chi connectivity index (χ0n) is 20.0. The van der Waals surface area contributed by atoms with Gasteiger partial charge in [-0.1, -0.05) is 37.5 Å². The van der Waals surface area contributed by atoms with Crippen molar-refractivity contribution in [3.63, 3.8) is 0 Å². The SMILES string of the molecule is CCOP(=O)(OCC)C(Nc1cccc(S(=O)(=O)N(C)C2CCCCC2)c1)c1ccc(O)cc1. The Hall–Kier alpha value is -1.90. The van der Waals surface area contributed by atoms with Gasteiger partial charge in [0, 0.05) is 18.8 Å². The molecule has 0 bridgehead atoms. The highest BCUT2D eigenvalue weighted by Gasteiger charge is 2.37. The fourth-order valence-electron chi connectivity index (χ4n) is 4.26. The summed E-state index contributed by atoms with van der Waals surface area (Å²) in [4.78, 5) is 0.165. The van der Waals surface area contributed by atoms with Crippen molar-refractivity contribution in [1.29, 1.82) is 0 Å². The highest BCUT2D eigenvalue weighted by molar-refractivity contribution is 7.89. The predicted octanol–water partition coefficient (Wildman–Crippen LogP) is 5.72. The molecule has 0 aromatic heterocycles. The Kier molecular flexibility index (Phi) is 9.18. The standard InChI is InChI=1S/C24H35N2O6PS/c1-4-31-33(28,32-5-2)24(19-14-16-22(27)17-15-19)25-20-10-9-13-23(18-20)34(29,30)26(3)21-11-7-6-8-12-21/h9-10,13-18,21,24-25,27H,4-8,11-12H2,1-3H3. The molecule has 3 rings (SSSR count). The maximum absolute atomic E-state index is 13.7. The summed E-state index contributed by atoms with van der Waals surface area (Å²) in [5.74, 6) is -0.828. The molecule has 2 aromatic carbocycles. The first kappa shape index (κ1) is 26.7. The Morgan fingerprint density at radius 1 is 1.06 bits per heavy atom. The second kappa shape index (κ2) is 11.7. The molecule has 1 saturated carbocycles. The Labute approximate surface area is 202 Å². The van der Waals surface area contributed by atoms with E-state index in [1.165, 1.54) is 16.4 Å². The molecule has 188 valence electrons. The number of benzene rings is 2. The quantitative estimate of drug-likeness (QED) is 0.372. The van der Waals surface area contributed by atoms with Crippen LogP contribution in [-0.4, -0.2) is 44.1 Å². The van der Waals surface area contributed by atoms with Crippen LogP contribution in [0.4, 0.5) is 5.69 Å². The van der Waals surface area contributed by atoms with E-state index in [1.807, 2.05) is 0 Å². The molecule has 8 nitrogen and oxygen atoms in total. The van der Waals surface area contributed by atoms with E-state index >= 15 is 0 Å². The summed E-state index contributed by atoms with van der Waals surface area (Å²) in [7, 11) is -5.73. The average molecular weight is 511 g/mol. The fourth-order valence-corrected chi connectivity index (χ4v) is 7.66. The van der Waals surface area contributed by atoms with Gasteiger partial charge in [0.15, 0.2) is 5.78 Å². The summed E-state index contributed by atoms with van der Waals surface area (Å²) >= 11 is 0. The van der Waals surface area contributed by atoms with Crippen LogP contribution in [-0.2, 0) is 23.6 Å². The van der Waals surface area contributed by atoms with Crippen molar-refractivity contribution in [2.24, 2.45) is 0 Å². The first-order chi connectivity index (χ1) is 16.2. The van der Waals surface area contributed by atoms with Gasteiger partial charge in [-0.25, -0.2) is 8.42 Å². The molecule has 2 aromatic rings.